The predicted molar refractivity (Wildman–Crippen MR) is 73.7 cm³/mol. The minimum atomic E-state index is -0.225. The zero-order valence-corrected chi connectivity index (χ0v) is 11.8. The van der Waals surface area contributed by atoms with E-state index in [1.54, 1.807) is 18.3 Å². The number of benzene rings is 1. The number of halogens is 1. The Bertz CT molecular complexity index is 516. The largest absolute Gasteiger partial charge is 0.440 e. The first-order valence-corrected chi connectivity index (χ1v) is 7.12. The summed E-state index contributed by atoms with van der Waals surface area (Å²) in [4.78, 5) is 5.04. The van der Waals surface area contributed by atoms with E-state index in [4.69, 9.17) is 4.42 Å². The lowest BCUT2D eigenvalue weighted by atomic mass is 10.1. The highest BCUT2D eigenvalue weighted by Crippen LogP contribution is 2.32. The molecular weight excluding hydrogens is 263 g/mol. The molecule has 0 aliphatic rings. The van der Waals surface area contributed by atoms with E-state index < -0.39 is 0 Å². The minimum Gasteiger partial charge on any atom is -0.440 e. The summed E-state index contributed by atoms with van der Waals surface area (Å²) < 4.78 is 18.7. The molecule has 102 valence electrons. The number of nitrogens with one attached hydrogen (secondary N) is 1. The van der Waals surface area contributed by atoms with E-state index in [1.807, 2.05) is 6.92 Å². The van der Waals surface area contributed by atoms with Gasteiger partial charge >= 0.3 is 0 Å². The van der Waals surface area contributed by atoms with Crippen LogP contribution in [0.1, 0.15) is 31.9 Å². The molecule has 3 nitrogen and oxygen atoms in total. The fourth-order valence-electron chi connectivity index (χ4n) is 1.78. The Balaban J connectivity index is 2.22. The van der Waals surface area contributed by atoms with Crippen molar-refractivity contribution in [1.82, 2.24) is 10.3 Å². The molecular formula is C14H17FN2OS. The van der Waals surface area contributed by atoms with Gasteiger partial charge in [0.2, 0.25) is 0 Å². The smallest absolute Gasteiger partial charge is 0.260 e. The molecule has 1 aromatic heterocycles. The fourth-order valence-corrected chi connectivity index (χ4v) is 2.67. The molecule has 2 rings (SSSR count). The summed E-state index contributed by atoms with van der Waals surface area (Å²) in [5.41, 5.74) is 0.927. The third-order valence-corrected chi connectivity index (χ3v) is 3.71. The first-order chi connectivity index (χ1) is 9.20. The fraction of sp³-hybridized carbons (Fsp3) is 0.357. The SMILES string of the molecule is CCCNC(C)c1cc(F)ccc1Sc1ncco1. The Morgan fingerprint density at radius 2 is 2.32 bits per heavy atom. The Labute approximate surface area is 116 Å². The van der Waals surface area contributed by atoms with Crippen molar-refractivity contribution in [3.63, 3.8) is 0 Å². The monoisotopic (exact) mass is 280 g/mol. The number of aromatic nitrogens is 1. The van der Waals surface area contributed by atoms with Gasteiger partial charge in [-0.05, 0) is 55.4 Å². The maximum absolute atomic E-state index is 13.4. The van der Waals surface area contributed by atoms with Crippen molar-refractivity contribution >= 4 is 11.8 Å². The molecule has 0 fully saturated rings. The van der Waals surface area contributed by atoms with E-state index in [0.29, 0.717) is 5.22 Å². The van der Waals surface area contributed by atoms with E-state index in [1.165, 1.54) is 24.1 Å². The first kappa shape index (κ1) is 14.1. The quantitative estimate of drug-likeness (QED) is 0.867. The highest BCUT2D eigenvalue weighted by Gasteiger charge is 2.13. The van der Waals surface area contributed by atoms with E-state index in [2.05, 4.69) is 17.2 Å². The summed E-state index contributed by atoms with van der Waals surface area (Å²) in [5.74, 6) is -0.225. The summed E-state index contributed by atoms with van der Waals surface area (Å²) in [6.07, 6.45) is 4.18. The molecule has 0 amide bonds. The molecule has 1 heterocycles. The van der Waals surface area contributed by atoms with Crippen LogP contribution in [-0.2, 0) is 0 Å². The van der Waals surface area contributed by atoms with E-state index in [0.717, 1.165) is 23.4 Å². The van der Waals surface area contributed by atoms with Gasteiger partial charge in [0, 0.05) is 10.9 Å². The summed E-state index contributed by atoms with van der Waals surface area (Å²) in [6, 6.07) is 4.89. The Kier molecular flexibility index (Phi) is 4.99. The summed E-state index contributed by atoms with van der Waals surface area (Å²) in [7, 11) is 0. The number of hydrogen-bond donors (Lipinski definition) is 1. The maximum atomic E-state index is 13.4. The Morgan fingerprint density at radius 3 is 3.00 bits per heavy atom. The molecule has 2 aromatic rings. The van der Waals surface area contributed by atoms with E-state index in [-0.39, 0.29) is 11.9 Å². The normalized spacial score (nSPS) is 12.6. The van der Waals surface area contributed by atoms with Gasteiger partial charge in [0.25, 0.3) is 5.22 Å². The van der Waals surface area contributed by atoms with Crippen molar-refractivity contribution in [3.8, 4) is 0 Å². The molecule has 0 aliphatic heterocycles. The van der Waals surface area contributed by atoms with E-state index in [9.17, 15) is 4.39 Å². The molecule has 1 N–H and O–H groups in total. The highest BCUT2D eigenvalue weighted by atomic mass is 32.2. The van der Waals surface area contributed by atoms with Crippen molar-refractivity contribution in [1.29, 1.82) is 0 Å². The van der Waals surface area contributed by atoms with Gasteiger partial charge in [-0.15, -0.1) is 0 Å². The van der Waals surface area contributed by atoms with Crippen LogP contribution < -0.4 is 5.32 Å². The number of rotatable bonds is 6. The van der Waals surface area contributed by atoms with Crippen molar-refractivity contribution in [2.45, 2.75) is 36.4 Å². The molecule has 0 bridgehead atoms. The molecule has 1 aromatic carbocycles. The summed E-state index contributed by atoms with van der Waals surface area (Å²) >= 11 is 1.41. The molecule has 5 heteroatoms. The lowest BCUT2D eigenvalue weighted by Crippen LogP contribution is -2.20. The third-order valence-electron chi connectivity index (χ3n) is 2.75. The summed E-state index contributed by atoms with van der Waals surface area (Å²) in [5, 5.41) is 3.93. The second-order valence-electron chi connectivity index (χ2n) is 4.26. The Hall–Kier alpha value is -1.33. The average Bonchev–Trinajstić information content (AvgIpc) is 2.91. The minimum absolute atomic E-state index is 0.0908. The van der Waals surface area contributed by atoms with Gasteiger partial charge in [-0.25, -0.2) is 9.37 Å². The number of hydrogen-bond acceptors (Lipinski definition) is 4. The molecule has 1 unspecified atom stereocenters. The number of nitrogens with zero attached hydrogens (tertiary/aromatic N) is 1. The molecule has 0 saturated carbocycles. The highest BCUT2D eigenvalue weighted by molar-refractivity contribution is 7.99. The van der Waals surface area contributed by atoms with Gasteiger partial charge < -0.3 is 9.73 Å². The molecule has 0 spiro atoms. The van der Waals surface area contributed by atoms with Crippen molar-refractivity contribution in [2.24, 2.45) is 0 Å². The van der Waals surface area contributed by atoms with Gasteiger partial charge in [0.05, 0.1) is 6.20 Å². The van der Waals surface area contributed by atoms with Crippen LogP contribution in [0.15, 0.2) is 45.2 Å². The molecule has 0 radical (unpaired) electrons. The van der Waals surface area contributed by atoms with Crippen molar-refractivity contribution in [3.05, 3.63) is 42.0 Å². The second-order valence-corrected chi connectivity index (χ2v) is 5.25. The zero-order valence-electron chi connectivity index (χ0n) is 11.0. The van der Waals surface area contributed by atoms with Crippen LogP contribution in [-0.4, -0.2) is 11.5 Å². The van der Waals surface area contributed by atoms with Gasteiger partial charge in [-0.2, -0.15) is 0 Å². The molecule has 0 saturated heterocycles. The van der Waals surface area contributed by atoms with Crippen LogP contribution in [0.3, 0.4) is 0 Å². The van der Waals surface area contributed by atoms with Crippen molar-refractivity contribution < 1.29 is 8.81 Å². The van der Waals surface area contributed by atoms with Gasteiger partial charge in [0.1, 0.15) is 12.1 Å². The summed E-state index contributed by atoms with van der Waals surface area (Å²) in [6.45, 7) is 5.04. The van der Waals surface area contributed by atoms with Crippen LogP contribution in [0.5, 0.6) is 0 Å². The standard InChI is InChI=1S/C14H17FN2OS/c1-3-6-16-10(2)12-9-11(15)4-5-13(12)19-14-17-7-8-18-14/h4-5,7-10,16H,3,6H2,1-2H3. The van der Waals surface area contributed by atoms with Crippen LogP contribution in [0.4, 0.5) is 4.39 Å². The maximum Gasteiger partial charge on any atom is 0.260 e. The van der Waals surface area contributed by atoms with Crippen molar-refractivity contribution in [2.75, 3.05) is 6.54 Å². The van der Waals surface area contributed by atoms with Gasteiger partial charge in [-0.3, -0.25) is 0 Å². The number of oxazole rings is 1. The second kappa shape index (κ2) is 6.73. The zero-order chi connectivity index (χ0) is 13.7. The van der Waals surface area contributed by atoms with Gasteiger partial charge in [0.15, 0.2) is 0 Å². The predicted octanol–water partition coefficient (Wildman–Crippen LogP) is 4.03. The van der Waals surface area contributed by atoms with Crippen LogP contribution in [0.25, 0.3) is 0 Å². The molecule has 0 aliphatic carbocycles. The van der Waals surface area contributed by atoms with E-state index >= 15 is 0 Å². The topological polar surface area (TPSA) is 38.1 Å². The van der Waals surface area contributed by atoms with Crippen LogP contribution in [0.2, 0.25) is 0 Å². The first-order valence-electron chi connectivity index (χ1n) is 6.31. The van der Waals surface area contributed by atoms with Crippen LogP contribution in [0, 0.1) is 5.82 Å². The molecule has 19 heavy (non-hydrogen) atoms. The van der Waals surface area contributed by atoms with Crippen LogP contribution >= 0.6 is 11.8 Å². The lowest BCUT2D eigenvalue weighted by molar-refractivity contribution is 0.454. The molecule has 1 atom stereocenters. The van der Waals surface area contributed by atoms with Gasteiger partial charge in [-0.1, -0.05) is 6.92 Å². The Morgan fingerprint density at radius 1 is 1.47 bits per heavy atom. The lowest BCUT2D eigenvalue weighted by Gasteiger charge is -2.16. The third kappa shape index (κ3) is 3.81. The average molecular weight is 280 g/mol.